The van der Waals surface area contributed by atoms with Gasteiger partial charge in [0, 0.05) is 18.9 Å². The molecule has 1 aromatic heterocycles. The van der Waals surface area contributed by atoms with E-state index in [2.05, 4.69) is 42.5 Å². The molecule has 1 aromatic carbocycles. The summed E-state index contributed by atoms with van der Waals surface area (Å²) < 4.78 is 2.11. The van der Waals surface area contributed by atoms with Gasteiger partial charge in [-0.2, -0.15) is 0 Å². The van der Waals surface area contributed by atoms with Gasteiger partial charge in [0.25, 0.3) is 0 Å². The van der Waals surface area contributed by atoms with E-state index in [1.54, 1.807) is 6.20 Å². The fraction of sp³-hybridized carbons (Fsp3) is 0.357. The zero-order valence-corrected chi connectivity index (χ0v) is 11.3. The molecule has 3 heteroatoms. The standard InChI is InChI=1S/C14H17ClN2/c1-10-6-11(2)13(12(3)7-10)9-17-5-4-16-14(17)8-15/h4-7H,8-9H2,1-3H3. The summed E-state index contributed by atoms with van der Waals surface area (Å²) in [6.45, 7) is 7.30. The molecule has 0 atom stereocenters. The van der Waals surface area contributed by atoms with Gasteiger partial charge >= 0.3 is 0 Å². The third-order valence-corrected chi connectivity index (χ3v) is 3.33. The van der Waals surface area contributed by atoms with Crippen molar-refractivity contribution in [2.24, 2.45) is 0 Å². The van der Waals surface area contributed by atoms with Gasteiger partial charge in [0.1, 0.15) is 5.82 Å². The Labute approximate surface area is 107 Å². The van der Waals surface area contributed by atoms with E-state index in [9.17, 15) is 0 Å². The van der Waals surface area contributed by atoms with Crippen LogP contribution in [0.15, 0.2) is 24.5 Å². The van der Waals surface area contributed by atoms with Crippen molar-refractivity contribution < 1.29 is 0 Å². The van der Waals surface area contributed by atoms with Crippen molar-refractivity contribution in [1.82, 2.24) is 9.55 Å². The molecule has 0 aliphatic rings. The number of nitrogens with zero attached hydrogens (tertiary/aromatic N) is 2. The Balaban J connectivity index is 2.36. The molecule has 2 rings (SSSR count). The molecular weight excluding hydrogens is 232 g/mol. The predicted octanol–water partition coefficient (Wildman–Crippen LogP) is 3.60. The van der Waals surface area contributed by atoms with E-state index in [4.69, 9.17) is 11.6 Å². The van der Waals surface area contributed by atoms with Crippen LogP contribution in [-0.2, 0) is 12.4 Å². The van der Waals surface area contributed by atoms with Gasteiger partial charge < -0.3 is 4.57 Å². The topological polar surface area (TPSA) is 17.8 Å². The van der Waals surface area contributed by atoms with Crippen molar-refractivity contribution in [2.75, 3.05) is 0 Å². The van der Waals surface area contributed by atoms with Crippen molar-refractivity contribution in [2.45, 2.75) is 33.2 Å². The first-order valence-corrected chi connectivity index (χ1v) is 6.28. The van der Waals surface area contributed by atoms with Gasteiger partial charge in [0.05, 0.1) is 5.88 Å². The number of aryl methyl sites for hydroxylation is 3. The molecule has 0 amide bonds. The minimum atomic E-state index is 0.455. The lowest BCUT2D eigenvalue weighted by molar-refractivity contribution is 0.747. The van der Waals surface area contributed by atoms with Gasteiger partial charge in [0.2, 0.25) is 0 Å². The molecule has 2 nitrogen and oxygen atoms in total. The van der Waals surface area contributed by atoms with Gasteiger partial charge in [-0.05, 0) is 37.5 Å². The minimum absolute atomic E-state index is 0.455. The lowest BCUT2D eigenvalue weighted by Crippen LogP contribution is -2.06. The molecular formula is C14H17ClN2. The van der Waals surface area contributed by atoms with Gasteiger partial charge in [0.15, 0.2) is 0 Å². The summed E-state index contributed by atoms with van der Waals surface area (Å²) in [5.74, 6) is 1.38. The van der Waals surface area contributed by atoms with E-state index in [1.165, 1.54) is 22.3 Å². The molecule has 0 fully saturated rings. The molecule has 0 N–H and O–H groups in total. The minimum Gasteiger partial charge on any atom is -0.329 e. The lowest BCUT2D eigenvalue weighted by Gasteiger charge is -2.13. The first kappa shape index (κ1) is 12.2. The molecule has 0 aliphatic carbocycles. The maximum atomic E-state index is 5.86. The second-order valence-corrected chi connectivity index (χ2v) is 4.75. The Kier molecular flexibility index (Phi) is 3.53. The van der Waals surface area contributed by atoms with Crippen LogP contribution in [0, 0.1) is 20.8 Å². The quantitative estimate of drug-likeness (QED) is 0.759. The van der Waals surface area contributed by atoms with E-state index in [0.717, 1.165) is 12.4 Å². The Hall–Kier alpha value is -1.28. The van der Waals surface area contributed by atoms with Crippen LogP contribution in [0.4, 0.5) is 0 Å². The number of hydrogen-bond donors (Lipinski definition) is 0. The lowest BCUT2D eigenvalue weighted by atomic mass is 10.00. The van der Waals surface area contributed by atoms with E-state index < -0.39 is 0 Å². The second kappa shape index (κ2) is 4.92. The van der Waals surface area contributed by atoms with Gasteiger partial charge in [-0.1, -0.05) is 17.7 Å². The highest BCUT2D eigenvalue weighted by Crippen LogP contribution is 2.18. The number of aromatic nitrogens is 2. The van der Waals surface area contributed by atoms with Gasteiger partial charge in [-0.25, -0.2) is 4.98 Å². The van der Waals surface area contributed by atoms with Crippen LogP contribution in [0.1, 0.15) is 28.1 Å². The van der Waals surface area contributed by atoms with E-state index in [1.807, 2.05) is 6.20 Å². The molecule has 0 saturated heterocycles. The maximum Gasteiger partial charge on any atom is 0.123 e. The predicted molar refractivity (Wildman–Crippen MR) is 71.5 cm³/mol. The average Bonchev–Trinajstić information content (AvgIpc) is 2.70. The van der Waals surface area contributed by atoms with Crippen LogP contribution in [0.5, 0.6) is 0 Å². The van der Waals surface area contributed by atoms with Crippen LogP contribution in [0.3, 0.4) is 0 Å². The Morgan fingerprint density at radius 3 is 2.41 bits per heavy atom. The Bertz CT molecular complexity index is 506. The molecule has 2 aromatic rings. The Morgan fingerprint density at radius 2 is 1.82 bits per heavy atom. The SMILES string of the molecule is Cc1cc(C)c(Cn2ccnc2CCl)c(C)c1. The summed E-state index contributed by atoms with van der Waals surface area (Å²) in [6.07, 6.45) is 3.78. The number of hydrogen-bond acceptors (Lipinski definition) is 1. The number of alkyl halides is 1. The zero-order valence-electron chi connectivity index (χ0n) is 10.5. The number of halogens is 1. The van der Waals surface area contributed by atoms with Crippen LogP contribution in [0.25, 0.3) is 0 Å². The van der Waals surface area contributed by atoms with Crippen LogP contribution < -0.4 is 0 Å². The fourth-order valence-corrected chi connectivity index (χ4v) is 2.47. The highest BCUT2D eigenvalue weighted by molar-refractivity contribution is 6.16. The molecule has 0 bridgehead atoms. The highest BCUT2D eigenvalue weighted by atomic mass is 35.5. The molecule has 1 heterocycles. The smallest absolute Gasteiger partial charge is 0.123 e. The second-order valence-electron chi connectivity index (χ2n) is 4.48. The summed E-state index contributed by atoms with van der Waals surface area (Å²) in [5, 5.41) is 0. The molecule has 0 spiro atoms. The summed E-state index contributed by atoms with van der Waals surface area (Å²) in [7, 11) is 0. The van der Waals surface area contributed by atoms with Crippen molar-refractivity contribution in [3.8, 4) is 0 Å². The third kappa shape index (κ3) is 2.52. The molecule has 0 radical (unpaired) electrons. The Morgan fingerprint density at radius 1 is 1.18 bits per heavy atom. The summed E-state index contributed by atoms with van der Waals surface area (Å²) in [5.41, 5.74) is 5.33. The normalized spacial score (nSPS) is 10.8. The van der Waals surface area contributed by atoms with Gasteiger partial charge in [-0.15, -0.1) is 11.6 Å². The maximum absolute atomic E-state index is 5.86. The highest BCUT2D eigenvalue weighted by Gasteiger charge is 2.07. The fourth-order valence-electron chi connectivity index (χ4n) is 2.24. The molecule has 0 unspecified atom stereocenters. The number of benzene rings is 1. The number of imidazole rings is 1. The summed E-state index contributed by atoms with van der Waals surface area (Å²) in [4.78, 5) is 4.24. The van der Waals surface area contributed by atoms with Crippen LogP contribution >= 0.6 is 11.6 Å². The largest absolute Gasteiger partial charge is 0.329 e. The van der Waals surface area contributed by atoms with Crippen LogP contribution in [-0.4, -0.2) is 9.55 Å². The van der Waals surface area contributed by atoms with E-state index in [0.29, 0.717) is 5.88 Å². The van der Waals surface area contributed by atoms with Crippen LogP contribution in [0.2, 0.25) is 0 Å². The first-order valence-electron chi connectivity index (χ1n) is 5.74. The third-order valence-electron chi connectivity index (χ3n) is 3.09. The first-order chi connectivity index (χ1) is 8.11. The van der Waals surface area contributed by atoms with Gasteiger partial charge in [-0.3, -0.25) is 0 Å². The average molecular weight is 249 g/mol. The summed E-state index contributed by atoms with van der Waals surface area (Å²) >= 11 is 5.86. The van der Waals surface area contributed by atoms with E-state index in [-0.39, 0.29) is 0 Å². The molecule has 0 saturated carbocycles. The van der Waals surface area contributed by atoms with Crippen molar-refractivity contribution in [3.05, 3.63) is 52.6 Å². The van der Waals surface area contributed by atoms with Crippen molar-refractivity contribution >= 4 is 11.6 Å². The van der Waals surface area contributed by atoms with E-state index >= 15 is 0 Å². The monoisotopic (exact) mass is 248 g/mol. The molecule has 0 aliphatic heterocycles. The zero-order chi connectivity index (χ0) is 12.4. The molecule has 90 valence electrons. The van der Waals surface area contributed by atoms with Crippen molar-refractivity contribution in [1.29, 1.82) is 0 Å². The number of rotatable bonds is 3. The molecule has 17 heavy (non-hydrogen) atoms. The summed E-state index contributed by atoms with van der Waals surface area (Å²) in [6, 6.07) is 4.44. The van der Waals surface area contributed by atoms with Crippen molar-refractivity contribution in [3.63, 3.8) is 0 Å².